The van der Waals surface area contributed by atoms with E-state index in [2.05, 4.69) is 5.32 Å². The normalized spacial score (nSPS) is 23.6. The number of amides is 2. The van der Waals surface area contributed by atoms with Gasteiger partial charge in [0.05, 0.1) is 12.0 Å². The highest BCUT2D eigenvalue weighted by Crippen LogP contribution is 2.28. The second kappa shape index (κ2) is 6.48. The topological polar surface area (TPSA) is 78.9 Å². The molecular formula is C17H22N2O4. The standard InChI is InChI=1S/C17H22N2O4/c1-11-4-2-5-12-8-14(10-23-15(11)12)18-17(22)19-7-3-6-13(9-19)16(20)21/h2,4-5,13-14H,3,6-10H2,1H3,(H,18,22)(H,20,21). The van der Waals surface area contributed by atoms with Crippen molar-refractivity contribution in [2.75, 3.05) is 19.7 Å². The van der Waals surface area contributed by atoms with Crippen LogP contribution >= 0.6 is 0 Å². The Morgan fingerprint density at radius 1 is 1.39 bits per heavy atom. The lowest BCUT2D eigenvalue weighted by atomic mass is 9.98. The molecule has 1 aromatic rings. The predicted octanol–water partition coefficient (Wildman–Crippen LogP) is 1.80. The average molecular weight is 318 g/mol. The van der Waals surface area contributed by atoms with E-state index in [4.69, 9.17) is 9.84 Å². The number of hydrogen-bond donors (Lipinski definition) is 2. The first-order valence-corrected chi connectivity index (χ1v) is 8.04. The van der Waals surface area contributed by atoms with E-state index in [0.717, 1.165) is 29.7 Å². The number of nitrogens with one attached hydrogen (secondary N) is 1. The quantitative estimate of drug-likeness (QED) is 0.871. The number of carboxylic acid groups (broad SMARTS) is 1. The van der Waals surface area contributed by atoms with E-state index in [9.17, 15) is 9.59 Å². The van der Waals surface area contributed by atoms with E-state index in [1.807, 2.05) is 25.1 Å². The highest BCUT2D eigenvalue weighted by atomic mass is 16.5. The maximum absolute atomic E-state index is 12.4. The minimum Gasteiger partial charge on any atom is -0.491 e. The van der Waals surface area contributed by atoms with Gasteiger partial charge in [0.15, 0.2) is 0 Å². The fourth-order valence-electron chi connectivity index (χ4n) is 3.31. The van der Waals surface area contributed by atoms with Gasteiger partial charge in [-0.05, 0) is 37.3 Å². The lowest BCUT2D eigenvalue weighted by molar-refractivity contribution is -0.143. The zero-order valence-corrected chi connectivity index (χ0v) is 13.2. The molecule has 23 heavy (non-hydrogen) atoms. The first-order chi connectivity index (χ1) is 11.0. The summed E-state index contributed by atoms with van der Waals surface area (Å²) >= 11 is 0. The van der Waals surface area contributed by atoms with Gasteiger partial charge < -0.3 is 20.1 Å². The molecule has 0 bridgehead atoms. The SMILES string of the molecule is Cc1cccc2c1OCC(NC(=O)N1CCCC(C(=O)O)C1)C2. The smallest absolute Gasteiger partial charge is 0.317 e. The summed E-state index contributed by atoms with van der Waals surface area (Å²) < 4.78 is 5.79. The minimum absolute atomic E-state index is 0.0815. The van der Waals surface area contributed by atoms with Crippen molar-refractivity contribution in [3.05, 3.63) is 29.3 Å². The fourth-order valence-corrected chi connectivity index (χ4v) is 3.31. The minimum atomic E-state index is -0.826. The van der Waals surface area contributed by atoms with Crippen LogP contribution in [0.1, 0.15) is 24.0 Å². The number of hydrogen-bond acceptors (Lipinski definition) is 3. The largest absolute Gasteiger partial charge is 0.491 e. The van der Waals surface area contributed by atoms with Gasteiger partial charge in [-0.3, -0.25) is 4.79 Å². The van der Waals surface area contributed by atoms with Crippen LogP contribution in [0.2, 0.25) is 0 Å². The third-order valence-corrected chi connectivity index (χ3v) is 4.57. The third kappa shape index (κ3) is 3.41. The van der Waals surface area contributed by atoms with Gasteiger partial charge in [-0.1, -0.05) is 18.2 Å². The summed E-state index contributed by atoms with van der Waals surface area (Å²) in [5.74, 6) is -0.365. The number of ether oxygens (including phenoxy) is 1. The number of nitrogens with zero attached hydrogens (tertiary/aromatic N) is 1. The molecule has 6 nitrogen and oxygen atoms in total. The van der Waals surface area contributed by atoms with Crippen molar-refractivity contribution >= 4 is 12.0 Å². The van der Waals surface area contributed by atoms with Gasteiger partial charge in [0, 0.05) is 13.1 Å². The number of aryl methyl sites for hydroxylation is 1. The molecule has 2 aliphatic heterocycles. The molecule has 2 N–H and O–H groups in total. The molecule has 2 heterocycles. The number of rotatable bonds is 2. The molecule has 2 aliphatic rings. The zero-order chi connectivity index (χ0) is 16.4. The van der Waals surface area contributed by atoms with E-state index in [1.165, 1.54) is 0 Å². The first-order valence-electron chi connectivity index (χ1n) is 8.04. The molecule has 1 aromatic carbocycles. The lowest BCUT2D eigenvalue weighted by Crippen LogP contribution is -2.52. The van der Waals surface area contributed by atoms with Crippen LogP contribution in [0.3, 0.4) is 0 Å². The summed E-state index contributed by atoms with van der Waals surface area (Å²) in [6.45, 7) is 3.35. The van der Waals surface area contributed by atoms with Crippen LogP contribution in [0.25, 0.3) is 0 Å². The van der Waals surface area contributed by atoms with E-state index >= 15 is 0 Å². The molecule has 0 aliphatic carbocycles. The van der Waals surface area contributed by atoms with Crippen molar-refractivity contribution in [3.63, 3.8) is 0 Å². The van der Waals surface area contributed by atoms with Crippen LogP contribution in [0.5, 0.6) is 5.75 Å². The van der Waals surface area contributed by atoms with Gasteiger partial charge in [0.1, 0.15) is 12.4 Å². The molecular weight excluding hydrogens is 296 g/mol. The van der Waals surface area contributed by atoms with Crippen LogP contribution in [0.15, 0.2) is 18.2 Å². The van der Waals surface area contributed by atoms with Crippen molar-refractivity contribution in [1.29, 1.82) is 0 Å². The summed E-state index contributed by atoms with van der Waals surface area (Å²) in [6.07, 6.45) is 2.10. The molecule has 6 heteroatoms. The van der Waals surface area contributed by atoms with E-state index in [-0.39, 0.29) is 18.6 Å². The Morgan fingerprint density at radius 2 is 2.22 bits per heavy atom. The second-order valence-electron chi connectivity index (χ2n) is 6.35. The zero-order valence-electron chi connectivity index (χ0n) is 13.2. The summed E-state index contributed by atoms with van der Waals surface area (Å²) in [5.41, 5.74) is 2.20. The van der Waals surface area contributed by atoms with Gasteiger partial charge in [-0.15, -0.1) is 0 Å². The summed E-state index contributed by atoms with van der Waals surface area (Å²) in [5, 5.41) is 12.1. The summed E-state index contributed by atoms with van der Waals surface area (Å²) in [7, 11) is 0. The molecule has 0 spiro atoms. The third-order valence-electron chi connectivity index (χ3n) is 4.57. The van der Waals surface area contributed by atoms with Crippen molar-refractivity contribution in [3.8, 4) is 5.75 Å². The lowest BCUT2D eigenvalue weighted by Gasteiger charge is -2.33. The molecule has 1 saturated heterocycles. The van der Waals surface area contributed by atoms with Crippen molar-refractivity contribution < 1.29 is 19.4 Å². The van der Waals surface area contributed by atoms with Crippen molar-refractivity contribution in [2.45, 2.75) is 32.2 Å². The number of carboxylic acids is 1. The Morgan fingerprint density at radius 3 is 3.00 bits per heavy atom. The van der Waals surface area contributed by atoms with E-state index < -0.39 is 11.9 Å². The maximum Gasteiger partial charge on any atom is 0.317 e. The average Bonchev–Trinajstić information content (AvgIpc) is 2.55. The number of fused-ring (bicyclic) bond motifs is 1. The highest BCUT2D eigenvalue weighted by Gasteiger charge is 2.30. The summed E-state index contributed by atoms with van der Waals surface area (Å²) in [6, 6.07) is 5.74. The van der Waals surface area contributed by atoms with Gasteiger partial charge in [-0.2, -0.15) is 0 Å². The van der Waals surface area contributed by atoms with Crippen LogP contribution in [0, 0.1) is 12.8 Å². The monoisotopic (exact) mass is 318 g/mol. The number of carbonyl (C=O) groups excluding carboxylic acids is 1. The van der Waals surface area contributed by atoms with Gasteiger partial charge in [0.25, 0.3) is 0 Å². The Balaban J connectivity index is 1.60. The fraction of sp³-hybridized carbons (Fsp3) is 0.529. The molecule has 2 unspecified atom stereocenters. The maximum atomic E-state index is 12.4. The molecule has 0 saturated carbocycles. The van der Waals surface area contributed by atoms with Crippen LogP contribution < -0.4 is 10.1 Å². The molecule has 0 radical (unpaired) electrons. The molecule has 3 rings (SSSR count). The Bertz CT molecular complexity index is 617. The number of benzene rings is 1. The number of para-hydroxylation sites is 1. The predicted molar refractivity (Wildman–Crippen MR) is 84.6 cm³/mol. The highest BCUT2D eigenvalue weighted by molar-refractivity contribution is 5.77. The van der Waals surface area contributed by atoms with Gasteiger partial charge in [-0.25, -0.2) is 4.79 Å². The molecule has 0 aromatic heterocycles. The Kier molecular flexibility index (Phi) is 4.41. The number of piperidine rings is 1. The number of likely N-dealkylation sites (tertiary alicyclic amines) is 1. The second-order valence-corrected chi connectivity index (χ2v) is 6.35. The number of aliphatic carboxylic acids is 1. The van der Waals surface area contributed by atoms with Crippen LogP contribution in [-0.2, 0) is 11.2 Å². The van der Waals surface area contributed by atoms with Crippen LogP contribution in [0.4, 0.5) is 4.79 Å². The van der Waals surface area contributed by atoms with Crippen molar-refractivity contribution in [2.24, 2.45) is 5.92 Å². The first kappa shape index (κ1) is 15.6. The molecule has 2 atom stereocenters. The Labute approximate surface area is 135 Å². The number of urea groups is 1. The van der Waals surface area contributed by atoms with Gasteiger partial charge >= 0.3 is 12.0 Å². The summed E-state index contributed by atoms with van der Waals surface area (Å²) in [4.78, 5) is 25.1. The van der Waals surface area contributed by atoms with Crippen molar-refractivity contribution in [1.82, 2.24) is 10.2 Å². The van der Waals surface area contributed by atoms with E-state index in [1.54, 1.807) is 4.90 Å². The van der Waals surface area contributed by atoms with E-state index in [0.29, 0.717) is 19.6 Å². The molecule has 124 valence electrons. The number of carbonyl (C=O) groups is 2. The molecule has 1 fully saturated rings. The van der Waals surface area contributed by atoms with Gasteiger partial charge in [0.2, 0.25) is 0 Å². The van der Waals surface area contributed by atoms with Crippen LogP contribution in [-0.4, -0.2) is 47.7 Å². The Hall–Kier alpha value is -2.24. The molecule has 2 amide bonds.